The first kappa shape index (κ1) is 25.0. The standard InChI is InChI=1S/C41H25N5/c1-3-14-26(15-4-1)39-43-40(27-16-5-2-6-17-27)45-41(44-39)46-37-28-18-8-7-13-25(28)23-24-32(37)34-29-19-9-10-20-30(29)36-35(38(34)46)31-21-11-12-22-33(31)42-36/h1-24,42H. The molecular formula is C41H25N5. The van der Waals surface area contributed by atoms with Crippen molar-refractivity contribution < 1.29 is 0 Å². The van der Waals surface area contributed by atoms with Crippen molar-refractivity contribution in [2.75, 3.05) is 0 Å². The van der Waals surface area contributed by atoms with Gasteiger partial charge in [-0.2, -0.15) is 9.97 Å². The molecule has 10 aromatic rings. The van der Waals surface area contributed by atoms with Crippen molar-refractivity contribution in [2.45, 2.75) is 0 Å². The Morgan fingerprint density at radius 3 is 1.72 bits per heavy atom. The van der Waals surface area contributed by atoms with Crippen LogP contribution >= 0.6 is 0 Å². The first-order valence-electron chi connectivity index (χ1n) is 15.5. The molecule has 0 atom stereocenters. The van der Waals surface area contributed by atoms with Crippen molar-refractivity contribution in [2.24, 2.45) is 0 Å². The number of nitrogens with one attached hydrogen (secondary N) is 1. The summed E-state index contributed by atoms with van der Waals surface area (Å²) in [5.41, 5.74) is 6.26. The molecule has 0 aliphatic rings. The van der Waals surface area contributed by atoms with E-state index < -0.39 is 0 Å². The first-order chi connectivity index (χ1) is 22.8. The van der Waals surface area contributed by atoms with Crippen LogP contribution in [0.1, 0.15) is 0 Å². The summed E-state index contributed by atoms with van der Waals surface area (Å²) in [6.45, 7) is 0. The van der Waals surface area contributed by atoms with Gasteiger partial charge in [0.1, 0.15) is 0 Å². The number of hydrogen-bond acceptors (Lipinski definition) is 3. The zero-order chi connectivity index (χ0) is 30.2. The number of para-hydroxylation sites is 1. The molecule has 0 saturated heterocycles. The Morgan fingerprint density at radius 1 is 0.413 bits per heavy atom. The normalized spacial score (nSPS) is 11.9. The molecule has 5 heteroatoms. The maximum Gasteiger partial charge on any atom is 0.238 e. The second kappa shape index (κ2) is 9.58. The molecule has 214 valence electrons. The second-order valence-corrected chi connectivity index (χ2v) is 11.7. The number of fused-ring (bicyclic) bond motifs is 12. The van der Waals surface area contributed by atoms with Crippen LogP contribution in [0.5, 0.6) is 0 Å². The van der Waals surface area contributed by atoms with Crippen LogP contribution in [0, 0.1) is 0 Å². The zero-order valence-electron chi connectivity index (χ0n) is 24.6. The fourth-order valence-corrected chi connectivity index (χ4v) is 7.16. The highest BCUT2D eigenvalue weighted by molar-refractivity contribution is 6.37. The molecule has 0 saturated carbocycles. The van der Waals surface area contributed by atoms with E-state index >= 15 is 0 Å². The van der Waals surface area contributed by atoms with E-state index in [1.54, 1.807) is 0 Å². The third-order valence-electron chi connectivity index (χ3n) is 9.15. The molecule has 0 bridgehead atoms. The average Bonchev–Trinajstić information content (AvgIpc) is 3.69. The molecule has 3 aromatic heterocycles. The number of H-pyrrole nitrogens is 1. The molecule has 0 unspecified atom stereocenters. The number of aromatic nitrogens is 5. The second-order valence-electron chi connectivity index (χ2n) is 11.7. The highest BCUT2D eigenvalue weighted by Crippen LogP contribution is 2.46. The molecule has 46 heavy (non-hydrogen) atoms. The molecule has 7 aromatic carbocycles. The molecule has 3 heterocycles. The molecule has 10 rings (SSSR count). The minimum atomic E-state index is 0.589. The summed E-state index contributed by atoms with van der Waals surface area (Å²) in [5, 5.41) is 9.39. The van der Waals surface area contributed by atoms with Crippen LogP contribution in [0.15, 0.2) is 146 Å². The van der Waals surface area contributed by atoms with Crippen LogP contribution in [0.4, 0.5) is 0 Å². The van der Waals surface area contributed by atoms with Gasteiger partial charge in [0.25, 0.3) is 0 Å². The Morgan fingerprint density at radius 2 is 1.00 bits per heavy atom. The van der Waals surface area contributed by atoms with E-state index in [-0.39, 0.29) is 0 Å². The van der Waals surface area contributed by atoms with Crippen molar-refractivity contribution in [1.29, 1.82) is 0 Å². The Hall–Kier alpha value is -6.33. The molecule has 0 radical (unpaired) electrons. The van der Waals surface area contributed by atoms with E-state index in [1.807, 2.05) is 36.4 Å². The smallest absolute Gasteiger partial charge is 0.238 e. The Kier molecular flexibility index (Phi) is 5.22. The Bertz CT molecular complexity index is 2740. The summed E-state index contributed by atoms with van der Waals surface area (Å²) >= 11 is 0. The third-order valence-corrected chi connectivity index (χ3v) is 9.15. The summed E-state index contributed by atoms with van der Waals surface area (Å²) in [5.74, 6) is 1.86. The molecule has 1 N–H and O–H groups in total. The number of rotatable bonds is 3. The summed E-state index contributed by atoms with van der Waals surface area (Å²) in [4.78, 5) is 19.3. The van der Waals surface area contributed by atoms with Gasteiger partial charge in [-0.3, -0.25) is 4.57 Å². The monoisotopic (exact) mass is 587 g/mol. The van der Waals surface area contributed by atoms with Crippen molar-refractivity contribution in [1.82, 2.24) is 24.5 Å². The quantitative estimate of drug-likeness (QED) is 0.224. The number of nitrogens with zero attached hydrogens (tertiary/aromatic N) is 4. The molecule has 0 aliphatic heterocycles. The topological polar surface area (TPSA) is 59.4 Å². The lowest BCUT2D eigenvalue weighted by molar-refractivity contribution is 0.957. The minimum Gasteiger partial charge on any atom is -0.354 e. The van der Waals surface area contributed by atoms with Gasteiger partial charge in [0.2, 0.25) is 5.95 Å². The van der Waals surface area contributed by atoms with E-state index in [0.29, 0.717) is 17.6 Å². The average molecular weight is 588 g/mol. The SMILES string of the molecule is c1ccc(-c2nc(-c3ccccc3)nc(-n3c4c5ccccc5ccc4c4c5ccccc5c5[nH]c6ccccc6c5c43)n2)cc1. The summed E-state index contributed by atoms with van der Waals surface area (Å²) < 4.78 is 2.29. The fourth-order valence-electron chi connectivity index (χ4n) is 7.16. The Labute approximate surface area is 263 Å². The van der Waals surface area contributed by atoms with Gasteiger partial charge in [-0.15, -0.1) is 0 Å². The number of hydrogen-bond donors (Lipinski definition) is 1. The lowest BCUT2D eigenvalue weighted by atomic mass is 9.98. The fraction of sp³-hybridized carbons (Fsp3) is 0. The number of aromatic amines is 1. The van der Waals surface area contributed by atoms with Gasteiger partial charge in [0.05, 0.1) is 16.6 Å². The highest BCUT2D eigenvalue weighted by Gasteiger charge is 2.25. The van der Waals surface area contributed by atoms with Crippen molar-refractivity contribution in [3.63, 3.8) is 0 Å². The summed E-state index contributed by atoms with van der Waals surface area (Å²) in [7, 11) is 0. The first-order valence-corrected chi connectivity index (χ1v) is 15.5. The van der Waals surface area contributed by atoms with Crippen LogP contribution < -0.4 is 0 Å². The van der Waals surface area contributed by atoms with Crippen LogP contribution in [-0.4, -0.2) is 24.5 Å². The van der Waals surface area contributed by atoms with Gasteiger partial charge >= 0.3 is 0 Å². The van der Waals surface area contributed by atoms with Gasteiger partial charge in [-0.05, 0) is 16.8 Å². The van der Waals surface area contributed by atoms with Crippen molar-refractivity contribution in [3.05, 3.63) is 146 Å². The van der Waals surface area contributed by atoms with Crippen LogP contribution in [0.3, 0.4) is 0 Å². The minimum absolute atomic E-state index is 0.589. The molecular weight excluding hydrogens is 562 g/mol. The lowest BCUT2D eigenvalue weighted by Gasteiger charge is -2.13. The predicted octanol–water partition coefficient (Wildman–Crippen LogP) is 10.2. The van der Waals surface area contributed by atoms with Gasteiger partial charge < -0.3 is 4.98 Å². The van der Waals surface area contributed by atoms with Crippen LogP contribution in [-0.2, 0) is 0 Å². The lowest BCUT2D eigenvalue weighted by Crippen LogP contribution is -2.06. The summed E-state index contributed by atoms with van der Waals surface area (Å²) in [6.07, 6.45) is 0. The third kappa shape index (κ3) is 3.54. The predicted molar refractivity (Wildman–Crippen MR) is 189 cm³/mol. The molecule has 0 spiro atoms. The molecule has 0 fully saturated rings. The van der Waals surface area contributed by atoms with E-state index in [2.05, 4.69) is 119 Å². The van der Waals surface area contributed by atoms with Crippen LogP contribution in [0.2, 0.25) is 0 Å². The van der Waals surface area contributed by atoms with Gasteiger partial charge in [-0.1, -0.05) is 140 Å². The van der Waals surface area contributed by atoms with Gasteiger partial charge in [0, 0.05) is 49.0 Å². The van der Waals surface area contributed by atoms with Gasteiger partial charge in [-0.25, -0.2) is 4.98 Å². The molecule has 0 aliphatic carbocycles. The van der Waals surface area contributed by atoms with Gasteiger partial charge in [0.15, 0.2) is 11.6 Å². The highest BCUT2D eigenvalue weighted by atomic mass is 15.2. The number of benzene rings is 7. The van der Waals surface area contributed by atoms with Crippen molar-refractivity contribution >= 4 is 65.2 Å². The molecule has 5 nitrogen and oxygen atoms in total. The maximum absolute atomic E-state index is 5.26. The Balaban J connectivity index is 1.48. The maximum atomic E-state index is 5.26. The van der Waals surface area contributed by atoms with E-state index in [1.165, 1.54) is 32.3 Å². The summed E-state index contributed by atoms with van der Waals surface area (Å²) in [6, 6.07) is 50.7. The molecule has 0 amide bonds. The largest absolute Gasteiger partial charge is 0.354 e. The van der Waals surface area contributed by atoms with E-state index in [9.17, 15) is 0 Å². The van der Waals surface area contributed by atoms with E-state index in [4.69, 9.17) is 15.0 Å². The van der Waals surface area contributed by atoms with Crippen molar-refractivity contribution in [3.8, 4) is 28.7 Å². The van der Waals surface area contributed by atoms with E-state index in [0.717, 1.165) is 44.0 Å². The zero-order valence-corrected chi connectivity index (χ0v) is 24.6. The van der Waals surface area contributed by atoms with Crippen LogP contribution in [0.25, 0.3) is 93.9 Å².